The molecule has 192 valence electrons. The molecule has 0 unspecified atom stereocenters. The Morgan fingerprint density at radius 2 is 1.86 bits per heavy atom. The number of piperidine rings is 1. The molecule has 0 aliphatic carbocycles. The van der Waals surface area contributed by atoms with Crippen LogP contribution >= 0.6 is 11.8 Å². The number of carbonyl (C=O) groups is 1. The average molecular weight is 511 g/mol. The van der Waals surface area contributed by atoms with Crippen molar-refractivity contribution in [1.82, 2.24) is 20.4 Å². The van der Waals surface area contributed by atoms with E-state index in [9.17, 15) is 4.79 Å². The van der Waals surface area contributed by atoms with E-state index >= 15 is 0 Å². The summed E-state index contributed by atoms with van der Waals surface area (Å²) in [5.41, 5.74) is 2.07. The number of likely N-dealkylation sites (tertiary alicyclic amines) is 1. The standard InChI is InChI=1S/C27H34N4O4S/c1-19-5-8-22(9-6-19)36-16-4-13-28-27(32)20-11-14-31(15-12-20)18-25-29-26(30-35-25)21-7-10-23(33-2)24(17-21)34-3/h5-10,17,20H,4,11-16,18H2,1-3H3,(H,28,32). The number of ether oxygens (including phenoxy) is 2. The minimum atomic E-state index is 0.0658. The predicted octanol–water partition coefficient (Wildman–Crippen LogP) is 4.57. The van der Waals surface area contributed by atoms with E-state index in [0.29, 0.717) is 29.8 Å². The van der Waals surface area contributed by atoms with Crippen molar-refractivity contribution in [1.29, 1.82) is 0 Å². The molecule has 0 radical (unpaired) electrons. The summed E-state index contributed by atoms with van der Waals surface area (Å²) in [6, 6.07) is 14.1. The molecule has 8 nitrogen and oxygen atoms in total. The van der Waals surface area contributed by atoms with Crippen molar-refractivity contribution in [2.24, 2.45) is 5.92 Å². The van der Waals surface area contributed by atoms with Gasteiger partial charge in [0.05, 0.1) is 20.8 Å². The molecule has 2 aromatic carbocycles. The van der Waals surface area contributed by atoms with Gasteiger partial charge < -0.3 is 19.3 Å². The smallest absolute Gasteiger partial charge is 0.241 e. The lowest BCUT2D eigenvalue weighted by atomic mass is 9.96. The number of rotatable bonds is 11. The van der Waals surface area contributed by atoms with Gasteiger partial charge in [-0.2, -0.15) is 4.98 Å². The summed E-state index contributed by atoms with van der Waals surface area (Å²) in [5, 5.41) is 7.24. The zero-order valence-corrected chi connectivity index (χ0v) is 22.0. The first-order valence-electron chi connectivity index (χ1n) is 12.3. The zero-order chi connectivity index (χ0) is 25.3. The summed E-state index contributed by atoms with van der Waals surface area (Å²) >= 11 is 1.83. The fourth-order valence-electron chi connectivity index (χ4n) is 4.21. The van der Waals surface area contributed by atoms with Crippen molar-refractivity contribution in [2.45, 2.75) is 37.6 Å². The molecule has 1 aromatic heterocycles. The Morgan fingerprint density at radius 3 is 2.58 bits per heavy atom. The first kappa shape index (κ1) is 26.0. The van der Waals surface area contributed by atoms with E-state index in [1.54, 1.807) is 14.2 Å². The van der Waals surface area contributed by atoms with Crippen molar-refractivity contribution in [3.8, 4) is 22.9 Å². The van der Waals surface area contributed by atoms with Crippen LogP contribution in [0, 0.1) is 12.8 Å². The third-order valence-corrected chi connectivity index (χ3v) is 7.44. The number of benzene rings is 2. The van der Waals surface area contributed by atoms with E-state index < -0.39 is 0 Å². The molecule has 9 heteroatoms. The van der Waals surface area contributed by atoms with Gasteiger partial charge in [-0.25, -0.2) is 0 Å². The Morgan fingerprint density at radius 1 is 1.11 bits per heavy atom. The van der Waals surface area contributed by atoms with Gasteiger partial charge in [-0.05, 0) is 75.4 Å². The van der Waals surface area contributed by atoms with Crippen LogP contribution < -0.4 is 14.8 Å². The maximum Gasteiger partial charge on any atom is 0.241 e. The van der Waals surface area contributed by atoms with Gasteiger partial charge in [-0.3, -0.25) is 9.69 Å². The number of nitrogens with zero attached hydrogens (tertiary/aromatic N) is 3. The van der Waals surface area contributed by atoms with Gasteiger partial charge in [-0.15, -0.1) is 11.8 Å². The summed E-state index contributed by atoms with van der Waals surface area (Å²) < 4.78 is 16.1. The highest BCUT2D eigenvalue weighted by molar-refractivity contribution is 7.99. The van der Waals surface area contributed by atoms with Crippen molar-refractivity contribution >= 4 is 17.7 Å². The molecule has 0 atom stereocenters. The predicted molar refractivity (Wildman–Crippen MR) is 140 cm³/mol. The lowest BCUT2D eigenvalue weighted by Crippen LogP contribution is -2.40. The largest absolute Gasteiger partial charge is 0.493 e. The van der Waals surface area contributed by atoms with Crippen LogP contribution in [0.1, 0.15) is 30.7 Å². The third kappa shape index (κ3) is 7.01. The number of carbonyl (C=O) groups excluding carboxylic acids is 1. The minimum absolute atomic E-state index is 0.0658. The van der Waals surface area contributed by atoms with E-state index in [1.165, 1.54) is 10.5 Å². The number of aryl methyl sites for hydroxylation is 1. The van der Waals surface area contributed by atoms with E-state index in [0.717, 1.165) is 50.2 Å². The Hall–Kier alpha value is -3.04. The van der Waals surface area contributed by atoms with Gasteiger partial charge in [0.25, 0.3) is 0 Å². The number of amides is 1. The molecule has 0 spiro atoms. The van der Waals surface area contributed by atoms with E-state index in [-0.39, 0.29) is 11.8 Å². The van der Waals surface area contributed by atoms with Gasteiger partial charge in [0.2, 0.25) is 17.6 Å². The highest BCUT2D eigenvalue weighted by atomic mass is 32.2. The van der Waals surface area contributed by atoms with Gasteiger partial charge >= 0.3 is 0 Å². The van der Waals surface area contributed by atoms with E-state index in [4.69, 9.17) is 14.0 Å². The lowest BCUT2D eigenvalue weighted by molar-refractivity contribution is -0.126. The molecule has 4 rings (SSSR count). The van der Waals surface area contributed by atoms with Crippen molar-refractivity contribution < 1.29 is 18.8 Å². The van der Waals surface area contributed by atoms with Gasteiger partial charge in [0, 0.05) is 22.9 Å². The zero-order valence-electron chi connectivity index (χ0n) is 21.2. The monoisotopic (exact) mass is 510 g/mol. The Kier molecular flexibility index (Phi) is 9.24. The lowest BCUT2D eigenvalue weighted by Gasteiger charge is -2.30. The molecule has 1 saturated heterocycles. The summed E-state index contributed by atoms with van der Waals surface area (Å²) in [6.07, 6.45) is 2.63. The number of thioether (sulfide) groups is 1. The Bertz CT molecular complexity index is 1130. The fourth-order valence-corrected chi connectivity index (χ4v) is 5.06. The van der Waals surface area contributed by atoms with Crippen molar-refractivity contribution in [2.75, 3.05) is 39.6 Å². The molecule has 1 aliphatic rings. The molecule has 36 heavy (non-hydrogen) atoms. The van der Waals surface area contributed by atoms with Crippen LogP contribution in [-0.4, -0.2) is 60.6 Å². The van der Waals surface area contributed by atoms with Crippen LogP contribution in [0.15, 0.2) is 51.9 Å². The fraction of sp³-hybridized carbons (Fsp3) is 0.444. The van der Waals surface area contributed by atoms with Gasteiger partial charge in [-0.1, -0.05) is 22.9 Å². The van der Waals surface area contributed by atoms with Crippen molar-refractivity contribution in [3.63, 3.8) is 0 Å². The minimum Gasteiger partial charge on any atom is -0.493 e. The Balaban J connectivity index is 1.17. The summed E-state index contributed by atoms with van der Waals surface area (Å²) in [5.74, 6) is 3.58. The highest BCUT2D eigenvalue weighted by Gasteiger charge is 2.26. The van der Waals surface area contributed by atoms with E-state index in [1.807, 2.05) is 30.0 Å². The van der Waals surface area contributed by atoms with Gasteiger partial charge in [0.1, 0.15) is 0 Å². The summed E-state index contributed by atoms with van der Waals surface area (Å²) in [7, 11) is 3.20. The average Bonchev–Trinajstić information content (AvgIpc) is 3.38. The second-order valence-corrected chi connectivity index (χ2v) is 10.1. The number of aromatic nitrogens is 2. The first-order chi connectivity index (χ1) is 17.6. The molecular weight excluding hydrogens is 476 g/mol. The van der Waals surface area contributed by atoms with Crippen LogP contribution in [0.3, 0.4) is 0 Å². The maximum atomic E-state index is 12.6. The number of nitrogens with one attached hydrogen (secondary N) is 1. The number of hydrogen-bond donors (Lipinski definition) is 1. The second kappa shape index (κ2) is 12.8. The van der Waals surface area contributed by atoms with Crippen LogP contribution in [0.5, 0.6) is 11.5 Å². The van der Waals surface area contributed by atoms with Crippen LogP contribution in [0.2, 0.25) is 0 Å². The topological polar surface area (TPSA) is 89.7 Å². The van der Waals surface area contributed by atoms with Gasteiger partial charge in [0.15, 0.2) is 11.5 Å². The molecule has 0 saturated carbocycles. The summed E-state index contributed by atoms with van der Waals surface area (Å²) in [6.45, 7) is 5.05. The second-order valence-electron chi connectivity index (χ2n) is 8.94. The molecule has 1 aliphatic heterocycles. The quantitative estimate of drug-likeness (QED) is 0.296. The Labute approximate surface area is 216 Å². The molecule has 1 amide bonds. The van der Waals surface area contributed by atoms with Crippen LogP contribution in [-0.2, 0) is 11.3 Å². The first-order valence-corrected chi connectivity index (χ1v) is 13.3. The van der Waals surface area contributed by atoms with E-state index in [2.05, 4.69) is 51.5 Å². The normalized spacial score (nSPS) is 14.5. The van der Waals surface area contributed by atoms with Crippen LogP contribution in [0.25, 0.3) is 11.4 Å². The molecule has 1 N–H and O–H groups in total. The molecule has 3 aromatic rings. The SMILES string of the molecule is COc1ccc(-c2noc(CN3CCC(C(=O)NCCCSc4ccc(C)cc4)CC3)n2)cc1OC. The molecule has 1 fully saturated rings. The van der Waals surface area contributed by atoms with Crippen LogP contribution in [0.4, 0.5) is 0 Å². The maximum absolute atomic E-state index is 12.6. The third-order valence-electron chi connectivity index (χ3n) is 6.34. The van der Waals surface area contributed by atoms with Crippen molar-refractivity contribution in [3.05, 3.63) is 53.9 Å². The molecule has 0 bridgehead atoms. The highest BCUT2D eigenvalue weighted by Crippen LogP contribution is 2.31. The molecule has 2 heterocycles. The number of methoxy groups -OCH3 is 2. The molecular formula is C27H34N4O4S. The summed E-state index contributed by atoms with van der Waals surface area (Å²) in [4.78, 5) is 20.7. The number of hydrogen-bond acceptors (Lipinski definition) is 8.